The van der Waals surface area contributed by atoms with E-state index in [1.807, 2.05) is 35.2 Å². The van der Waals surface area contributed by atoms with Crippen molar-refractivity contribution in [1.29, 1.82) is 0 Å². The first kappa shape index (κ1) is 20.8. The minimum atomic E-state index is -0.363. The van der Waals surface area contributed by atoms with E-state index in [0.29, 0.717) is 25.4 Å². The van der Waals surface area contributed by atoms with Crippen molar-refractivity contribution in [2.24, 2.45) is 0 Å². The van der Waals surface area contributed by atoms with Crippen LogP contribution in [0.1, 0.15) is 36.7 Å². The molecule has 2 fully saturated rings. The van der Waals surface area contributed by atoms with Gasteiger partial charge in [0.2, 0.25) is 5.91 Å². The van der Waals surface area contributed by atoms with E-state index < -0.39 is 0 Å². The lowest BCUT2D eigenvalue weighted by Crippen LogP contribution is -2.52. The lowest BCUT2D eigenvalue weighted by molar-refractivity contribution is -0.148. The van der Waals surface area contributed by atoms with Crippen molar-refractivity contribution in [3.63, 3.8) is 0 Å². The molecule has 2 saturated heterocycles. The summed E-state index contributed by atoms with van der Waals surface area (Å²) in [5.74, 6) is 0.511. The topological polar surface area (TPSA) is 115 Å². The molecule has 9 nitrogen and oxygen atoms in total. The van der Waals surface area contributed by atoms with Gasteiger partial charge in [0, 0.05) is 39.0 Å². The molecule has 30 heavy (non-hydrogen) atoms. The summed E-state index contributed by atoms with van der Waals surface area (Å²) in [6, 6.07) is 9.84. The quantitative estimate of drug-likeness (QED) is 0.631. The zero-order valence-corrected chi connectivity index (χ0v) is 17.0. The zero-order valence-electron chi connectivity index (χ0n) is 17.0. The molecule has 0 unspecified atom stereocenters. The van der Waals surface area contributed by atoms with Crippen LogP contribution >= 0.6 is 0 Å². The van der Waals surface area contributed by atoms with E-state index in [9.17, 15) is 14.7 Å². The van der Waals surface area contributed by atoms with E-state index in [1.165, 1.54) is 0 Å². The Morgan fingerprint density at radius 2 is 1.97 bits per heavy atom. The van der Waals surface area contributed by atoms with E-state index in [0.717, 1.165) is 38.0 Å². The summed E-state index contributed by atoms with van der Waals surface area (Å²) in [5, 5.41) is 16.0. The van der Waals surface area contributed by atoms with Gasteiger partial charge in [0.25, 0.3) is 0 Å². The molecule has 0 saturated carbocycles. The van der Waals surface area contributed by atoms with E-state index in [-0.39, 0.29) is 36.3 Å². The molecule has 4 rings (SSSR count). The highest BCUT2D eigenvalue weighted by atomic mass is 16.5. The van der Waals surface area contributed by atoms with Crippen LogP contribution in [0.5, 0.6) is 0 Å². The highest BCUT2D eigenvalue weighted by Gasteiger charge is 2.37. The number of carbonyl (C=O) groups excluding carboxylic acids is 1. The summed E-state index contributed by atoms with van der Waals surface area (Å²) in [4.78, 5) is 31.2. The number of aryl methyl sites for hydroxylation is 1. The molecule has 0 spiro atoms. The van der Waals surface area contributed by atoms with Gasteiger partial charge in [-0.1, -0.05) is 30.3 Å². The molecule has 0 aliphatic carbocycles. The SMILES string of the molecule is O=C(CCc1n[nH]c(=O)[nH]1)N1CCO[C@@H](CN2CCC(O)CC2)[C@@H]1c1ccccc1. The molecule has 9 heteroatoms. The van der Waals surface area contributed by atoms with Crippen molar-refractivity contribution in [2.45, 2.75) is 43.9 Å². The van der Waals surface area contributed by atoms with Crippen LogP contribution in [0.4, 0.5) is 0 Å². The summed E-state index contributed by atoms with van der Waals surface area (Å²) in [7, 11) is 0. The number of aliphatic hydroxyl groups is 1. The molecule has 3 N–H and O–H groups in total. The summed E-state index contributed by atoms with van der Waals surface area (Å²) in [6.07, 6.45) is 1.84. The van der Waals surface area contributed by atoms with Crippen LogP contribution in [-0.2, 0) is 16.0 Å². The number of nitrogens with zero attached hydrogens (tertiary/aromatic N) is 3. The second-order valence-electron chi connectivity index (χ2n) is 8.01. The maximum absolute atomic E-state index is 13.1. The lowest BCUT2D eigenvalue weighted by Gasteiger charge is -2.44. The minimum absolute atomic E-state index is 0.0232. The Morgan fingerprint density at radius 1 is 1.20 bits per heavy atom. The molecule has 2 aromatic rings. The van der Waals surface area contributed by atoms with Crippen LogP contribution in [0.3, 0.4) is 0 Å². The van der Waals surface area contributed by atoms with E-state index >= 15 is 0 Å². The third-order valence-electron chi connectivity index (χ3n) is 5.93. The fourth-order valence-electron chi connectivity index (χ4n) is 4.36. The minimum Gasteiger partial charge on any atom is -0.393 e. The van der Waals surface area contributed by atoms with Gasteiger partial charge < -0.3 is 19.6 Å². The van der Waals surface area contributed by atoms with Gasteiger partial charge in [0.15, 0.2) is 0 Å². The number of nitrogens with one attached hydrogen (secondary N) is 2. The van der Waals surface area contributed by atoms with Crippen molar-refractivity contribution < 1.29 is 14.6 Å². The van der Waals surface area contributed by atoms with Crippen molar-refractivity contribution in [3.8, 4) is 0 Å². The smallest absolute Gasteiger partial charge is 0.340 e. The van der Waals surface area contributed by atoms with E-state index in [2.05, 4.69) is 20.1 Å². The second-order valence-corrected chi connectivity index (χ2v) is 8.01. The normalized spacial score (nSPS) is 23.6. The van der Waals surface area contributed by atoms with Crippen LogP contribution in [0, 0.1) is 0 Å². The zero-order chi connectivity index (χ0) is 20.9. The van der Waals surface area contributed by atoms with Crippen LogP contribution in [0.2, 0.25) is 0 Å². The fraction of sp³-hybridized carbons (Fsp3) is 0.571. The van der Waals surface area contributed by atoms with Gasteiger partial charge in [-0.15, -0.1) is 0 Å². The van der Waals surface area contributed by atoms with Crippen LogP contribution in [-0.4, -0.2) is 81.0 Å². The first-order valence-corrected chi connectivity index (χ1v) is 10.6. The number of aromatic nitrogens is 3. The Morgan fingerprint density at radius 3 is 2.67 bits per heavy atom. The van der Waals surface area contributed by atoms with Crippen LogP contribution < -0.4 is 5.69 Å². The van der Waals surface area contributed by atoms with Gasteiger partial charge in [-0.3, -0.25) is 9.78 Å². The number of likely N-dealkylation sites (tertiary alicyclic amines) is 1. The monoisotopic (exact) mass is 415 g/mol. The number of ether oxygens (including phenoxy) is 1. The number of aliphatic hydroxyl groups excluding tert-OH is 1. The van der Waals surface area contributed by atoms with E-state index in [4.69, 9.17) is 4.74 Å². The number of morpholine rings is 1. The predicted molar refractivity (Wildman–Crippen MR) is 110 cm³/mol. The Balaban J connectivity index is 1.49. The van der Waals surface area contributed by atoms with Gasteiger partial charge in [0.05, 0.1) is 24.9 Å². The van der Waals surface area contributed by atoms with Gasteiger partial charge >= 0.3 is 5.69 Å². The molecular formula is C21H29N5O4. The predicted octanol–water partition coefficient (Wildman–Crippen LogP) is 0.456. The number of carbonyl (C=O) groups is 1. The molecule has 0 radical (unpaired) electrons. The molecule has 1 amide bonds. The number of hydrogen-bond acceptors (Lipinski definition) is 6. The Labute approximate surface area is 175 Å². The molecular weight excluding hydrogens is 386 g/mol. The fourth-order valence-corrected chi connectivity index (χ4v) is 4.36. The van der Waals surface area contributed by atoms with Crippen molar-refractivity contribution in [1.82, 2.24) is 25.0 Å². The molecule has 1 aromatic heterocycles. The molecule has 3 heterocycles. The number of piperidine rings is 1. The average molecular weight is 415 g/mol. The molecule has 0 bridgehead atoms. The van der Waals surface area contributed by atoms with Gasteiger partial charge in [-0.05, 0) is 18.4 Å². The Bertz CT molecular complexity index is 875. The van der Waals surface area contributed by atoms with Gasteiger partial charge in [-0.2, -0.15) is 5.10 Å². The first-order valence-electron chi connectivity index (χ1n) is 10.6. The number of rotatable bonds is 6. The average Bonchev–Trinajstić information content (AvgIpc) is 3.19. The Hall–Kier alpha value is -2.49. The summed E-state index contributed by atoms with van der Waals surface area (Å²) < 4.78 is 6.16. The lowest BCUT2D eigenvalue weighted by atomic mass is 9.96. The number of hydrogen-bond donors (Lipinski definition) is 3. The maximum atomic E-state index is 13.1. The third-order valence-corrected chi connectivity index (χ3v) is 5.93. The second kappa shape index (κ2) is 9.55. The van der Waals surface area contributed by atoms with Gasteiger partial charge in [-0.25, -0.2) is 9.89 Å². The highest BCUT2D eigenvalue weighted by Crippen LogP contribution is 2.31. The van der Waals surface area contributed by atoms with Crippen LogP contribution in [0.25, 0.3) is 0 Å². The molecule has 1 aromatic carbocycles. The number of aromatic amines is 2. The summed E-state index contributed by atoms with van der Waals surface area (Å²) in [6.45, 7) is 3.43. The maximum Gasteiger partial charge on any atom is 0.340 e. The number of H-pyrrole nitrogens is 2. The van der Waals surface area contributed by atoms with Crippen molar-refractivity contribution in [2.75, 3.05) is 32.8 Å². The standard InChI is InChI=1S/C21H29N5O4/c27-16-8-10-25(11-9-16)14-17-20(15-4-2-1-3-5-15)26(12-13-30-17)19(28)7-6-18-22-21(29)24-23-18/h1-5,16-17,20,27H,6-14H2,(H2,22,23,24,29)/t17-,20-/m0/s1. The Kier molecular flexibility index (Phi) is 6.61. The first-order chi connectivity index (χ1) is 14.6. The molecule has 2 aliphatic rings. The molecule has 2 aliphatic heterocycles. The number of benzene rings is 1. The largest absolute Gasteiger partial charge is 0.393 e. The van der Waals surface area contributed by atoms with Crippen molar-refractivity contribution >= 4 is 5.91 Å². The van der Waals surface area contributed by atoms with Crippen molar-refractivity contribution in [3.05, 3.63) is 52.2 Å². The van der Waals surface area contributed by atoms with E-state index in [1.54, 1.807) is 0 Å². The summed E-state index contributed by atoms with van der Waals surface area (Å²) in [5.41, 5.74) is 0.693. The third kappa shape index (κ3) is 4.97. The summed E-state index contributed by atoms with van der Waals surface area (Å²) >= 11 is 0. The number of amides is 1. The molecule has 162 valence electrons. The van der Waals surface area contributed by atoms with Gasteiger partial charge in [0.1, 0.15) is 5.82 Å². The molecule has 2 atom stereocenters. The van der Waals surface area contributed by atoms with Crippen LogP contribution in [0.15, 0.2) is 35.1 Å². The highest BCUT2D eigenvalue weighted by molar-refractivity contribution is 5.77.